The minimum Gasteiger partial charge on any atom is -0.312 e. The van der Waals surface area contributed by atoms with Gasteiger partial charge in [-0.15, -0.1) is 0 Å². The predicted octanol–water partition coefficient (Wildman–Crippen LogP) is 3.82. The summed E-state index contributed by atoms with van der Waals surface area (Å²) in [6, 6.07) is 7.54. The van der Waals surface area contributed by atoms with Gasteiger partial charge in [0.05, 0.1) is 0 Å². The number of likely N-dealkylation sites (tertiary alicyclic amines) is 1. The molecule has 2 saturated heterocycles. The minimum atomic E-state index is 0.702. The summed E-state index contributed by atoms with van der Waals surface area (Å²) in [5.41, 5.74) is 1.34. The molecule has 2 unspecified atom stereocenters. The molecule has 2 aliphatic rings. The molecule has 104 valence electrons. The van der Waals surface area contributed by atoms with Gasteiger partial charge in [0, 0.05) is 28.1 Å². The molecular weight excluding hydrogens is 324 g/mol. The maximum absolute atomic E-state index is 6.01. The molecule has 0 spiro atoms. The Balaban J connectivity index is 1.70. The maximum atomic E-state index is 6.01. The highest BCUT2D eigenvalue weighted by molar-refractivity contribution is 9.10. The SMILES string of the molecule is Clc1ccc(CN2CCCC2C2CCCN2)c(Br)c1. The van der Waals surface area contributed by atoms with Crippen LogP contribution >= 0.6 is 27.5 Å². The Bertz CT molecular complexity index is 446. The summed E-state index contributed by atoms with van der Waals surface area (Å²) < 4.78 is 1.13. The fourth-order valence-corrected chi connectivity index (χ4v) is 4.22. The third-order valence-electron chi connectivity index (χ3n) is 4.37. The maximum Gasteiger partial charge on any atom is 0.0417 e. The van der Waals surface area contributed by atoms with E-state index in [1.807, 2.05) is 12.1 Å². The number of hydrogen-bond donors (Lipinski definition) is 1. The van der Waals surface area contributed by atoms with Crippen molar-refractivity contribution in [1.82, 2.24) is 10.2 Å². The topological polar surface area (TPSA) is 15.3 Å². The van der Waals surface area contributed by atoms with Crippen molar-refractivity contribution in [3.63, 3.8) is 0 Å². The molecule has 2 atom stereocenters. The third kappa shape index (κ3) is 3.15. The van der Waals surface area contributed by atoms with Crippen molar-refractivity contribution in [2.45, 2.75) is 44.3 Å². The summed E-state index contributed by atoms with van der Waals surface area (Å²) in [4.78, 5) is 2.64. The van der Waals surface area contributed by atoms with Crippen LogP contribution in [-0.2, 0) is 6.54 Å². The molecule has 0 aromatic heterocycles. The highest BCUT2D eigenvalue weighted by Crippen LogP contribution is 2.29. The van der Waals surface area contributed by atoms with E-state index in [4.69, 9.17) is 11.6 Å². The van der Waals surface area contributed by atoms with E-state index in [1.165, 1.54) is 44.3 Å². The van der Waals surface area contributed by atoms with Gasteiger partial charge in [-0.1, -0.05) is 33.6 Å². The van der Waals surface area contributed by atoms with E-state index in [0.717, 1.165) is 16.0 Å². The molecule has 1 N–H and O–H groups in total. The van der Waals surface area contributed by atoms with Crippen molar-refractivity contribution in [3.05, 3.63) is 33.3 Å². The van der Waals surface area contributed by atoms with E-state index in [2.05, 4.69) is 32.2 Å². The van der Waals surface area contributed by atoms with Crippen molar-refractivity contribution < 1.29 is 0 Å². The molecular formula is C15H20BrClN2. The number of rotatable bonds is 3. The molecule has 2 aliphatic heterocycles. The van der Waals surface area contributed by atoms with Crippen LogP contribution in [0.25, 0.3) is 0 Å². The molecule has 2 fully saturated rings. The first-order valence-corrected chi connectivity index (χ1v) is 8.32. The van der Waals surface area contributed by atoms with Crippen molar-refractivity contribution in [2.24, 2.45) is 0 Å². The Labute approximate surface area is 128 Å². The molecule has 4 heteroatoms. The molecule has 0 radical (unpaired) electrons. The lowest BCUT2D eigenvalue weighted by molar-refractivity contribution is 0.206. The normalized spacial score (nSPS) is 28.1. The van der Waals surface area contributed by atoms with Gasteiger partial charge in [-0.25, -0.2) is 0 Å². The van der Waals surface area contributed by atoms with Gasteiger partial charge in [0.15, 0.2) is 0 Å². The lowest BCUT2D eigenvalue weighted by atomic mass is 10.0. The molecule has 0 saturated carbocycles. The number of halogens is 2. The Morgan fingerprint density at radius 1 is 1.32 bits per heavy atom. The van der Waals surface area contributed by atoms with Gasteiger partial charge in [0.25, 0.3) is 0 Å². The number of hydrogen-bond acceptors (Lipinski definition) is 2. The van der Waals surface area contributed by atoms with Crippen molar-refractivity contribution in [2.75, 3.05) is 13.1 Å². The fraction of sp³-hybridized carbons (Fsp3) is 0.600. The Kier molecular flexibility index (Phi) is 4.47. The standard InChI is InChI=1S/C15H20BrClN2/c16-13-9-12(17)6-5-11(13)10-19-8-2-4-15(19)14-3-1-7-18-14/h5-6,9,14-15,18H,1-4,7-8,10H2. The molecule has 0 aliphatic carbocycles. The van der Waals surface area contributed by atoms with Crippen molar-refractivity contribution in [1.29, 1.82) is 0 Å². The molecule has 3 rings (SSSR count). The summed E-state index contributed by atoms with van der Waals surface area (Å²) in [5.74, 6) is 0. The number of benzene rings is 1. The third-order valence-corrected chi connectivity index (χ3v) is 5.34. The quantitative estimate of drug-likeness (QED) is 0.897. The van der Waals surface area contributed by atoms with Gasteiger partial charge < -0.3 is 5.32 Å². The number of nitrogens with one attached hydrogen (secondary N) is 1. The second-order valence-corrected chi connectivity index (χ2v) is 6.91. The van der Waals surface area contributed by atoms with Crippen LogP contribution in [0, 0.1) is 0 Å². The van der Waals surface area contributed by atoms with Crippen LogP contribution in [0.1, 0.15) is 31.2 Å². The lowest BCUT2D eigenvalue weighted by Crippen LogP contribution is -2.43. The average Bonchev–Trinajstić information content (AvgIpc) is 3.03. The van der Waals surface area contributed by atoms with E-state index in [0.29, 0.717) is 12.1 Å². The van der Waals surface area contributed by atoms with Crippen LogP contribution in [0.5, 0.6) is 0 Å². The van der Waals surface area contributed by atoms with Crippen LogP contribution in [0.15, 0.2) is 22.7 Å². The monoisotopic (exact) mass is 342 g/mol. The summed E-state index contributed by atoms with van der Waals surface area (Å²) in [7, 11) is 0. The second-order valence-electron chi connectivity index (χ2n) is 5.62. The molecule has 2 nitrogen and oxygen atoms in total. The lowest BCUT2D eigenvalue weighted by Gasteiger charge is -2.29. The van der Waals surface area contributed by atoms with E-state index in [-0.39, 0.29) is 0 Å². The average molecular weight is 344 g/mol. The highest BCUT2D eigenvalue weighted by atomic mass is 79.9. The molecule has 2 heterocycles. The largest absolute Gasteiger partial charge is 0.312 e. The minimum absolute atomic E-state index is 0.702. The predicted molar refractivity (Wildman–Crippen MR) is 83.6 cm³/mol. The zero-order valence-electron chi connectivity index (χ0n) is 11.0. The van der Waals surface area contributed by atoms with Gasteiger partial charge in [-0.2, -0.15) is 0 Å². The molecule has 1 aromatic rings. The van der Waals surface area contributed by atoms with Crippen LogP contribution < -0.4 is 5.32 Å². The zero-order chi connectivity index (χ0) is 13.2. The van der Waals surface area contributed by atoms with Crippen LogP contribution in [0.4, 0.5) is 0 Å². The van der Waals surface area contributed by atoms with Crippen LogP contribution in [0.3, 0.4) is 0 Å². The van der Waals surface area contributed by atoms with E-state index >= 15 is 0 Å². The molecule has 1 aromatic carbocycles. The Hall–Kier alpha value is -0.0900. The van der Waals surface area contributed by atoms with Crippen molar-refractivity contribution >= 4 is 27.5 Å². The van der Waals surface area contributed by atoms with E-state index in [9.17, 15) is 0 Å². The van der Waals surface area contributed by atoms with Gasteiger partial charge in [-0.3, -0.25) is 4.90 Å². The first-order valence-electron chi connectivity index (χ1n) is 7.15. The van der Waals surface area contributed by atoms with Gasteiger partial charge in [0.2, 0.25) is 0 Å². The molecule has 0 amide bonds. The summed E-state index contributed by atoms with van der Waals surface area (Å²) in [5, 5.41) is 4.46. The summed E-state index contributed by atoms with van der Waals surface area (Å²) in [6.45, 7) is 3.44. The Morgan fingerprint density at radius 3 is 2.95 bits per heavy atom. The Morgan fingerprint density at radius 2 is 2.21 bits per heavy atom. The van der Waals surface area contributed by atoms with Crippen LogP contribution in [0.2, 0.25) is 5.02 Å². The van der Waals surface area contributed by atoms with E-state index in [1.54, 1.807) is 0 Å². The molecule has 19 heavy (non-hydrogen) atoms. The summed E-state index contributed by atoms with van der Waals surface area (Å²) in [6.07, 6.45) is 5.33. The smallest absolute Gasteiger partial charge is 0.0417 e. The van der Waals surface area contributed by atoms with Crippen molar-refractivity contribution in [3.8, 4) is 0 Å². The first-order chi connectivity index (χ1) is 9.24. The fourth-order valence-electron chi connectivity index (χ4n) is 3.41. The zero-order valence-corrected chi connectivity index (χ0v) is 13.4. The number of nitrogens with zero attached hydrogens (tertiary/aromatic N) is 1. The van der Waals surface area contributed by atoms with Gasteiger partial charge >= 0.3 is 0 Å². The van der Waals surface area contributed by atoms with Gasteiger partial charge in [0.1, 0.15) is 0 Å². The summed E-state index contributed by atoms with van der Waals surface area (Å²) >= 11 is 9.64. The molecule has 0 bridgehead atoms. The van der Waals surface area contributed by atoms with Gasteiger partial charge in [-0.05, 0) is 56.5 Å². The first kappa shape index (κ1) is 13.9. The van der Waals surface area contributed by atoms with E-state index < -0.39 is 0 Å². The van der Waals surface area contributed by atoms with Crippen LogP contribution in [-0.4, -0.2) is 30.1 Å². The second kappa shape index (κ2) is 6.13. The highest BCUT2D eigenvalue weighted by Gasteiger charge is 2.33.